The maximum atomic E-state index is 12.6. The first-order valence-corrected chi connectivity index (χ1v) is 8.84. The van der Waals surface area contributed by atoms with E-state index in [2.05, 4.69) is 17.1 Å². The molecular weight excluding hydrogens is 336 g/mol. The zero-order valence-electron chi connectivity index (χ0n) is 15.3. The predicted molar refractivity (Wildman–Crippen MR) is 96.7 cm³/mol. The number of nitrogens with one attached hydrogen (secondary N) is 1. The van der Waals surface area contributed by atoms with Crippen LogP contribution in [0.5, 0.6) is 5.75 Å². The van der Waals surface area contributed by atoms with Gasteiger partial charge < -0.3 is 15.0 Å². The van der Waals surface area contributed by atoms with Crippen LogP contribution in [0.4, 0.5) is 5.69 Å². The Balaban J connectivity index is 2.04. The number of carbonyl (C=O) groups is 1. The second-order valence-electron chi connectivity index (χ2n) is 6.58. The molecule has 0 aliphatic carbocycles. The Morgan fingerprint density at radius 2 is 2.15 bits per heavy atom. The van der Waals surface area contributed by atoms with E-state index in [-0.39, 0.29) is 11.6 Å². The van der Waals surface area contributed by atoms with Gasteiger partial charge in [-0.25, -0.2) is 0 Å². The monoisotopic (exact) mass is 360 g/mol. The predicted octanol–water partition coefficient (Wildman–Crippen LogP) is 2.03. The van der Waals surface area contributed by atoms with Gasteiger partial charge in [-0.3, -0.25) is 19.8 Å². The van der Waals surface area contributed by atoms with E-state index < -0.39 is 11.0 Å². The van der Waals surface area contributed by atoms with Gasteiger partial charge in [0.15, 0.2) is 0 Å². The molecule has 0 fully saturated rings. The van der Waals surface area contributed by atoms with Gasteiger partial charge in [0.1, 0.15) is 11.4 Å². The number of hydrogen-bond acceptors (Lipinski definition) is 6. The van der Waals surface area contributed by atoms with Gasteiger partial charge in [-0.2, -0.15) is 0 Å². The zero-order chi connectivity index (χ0) is 18.8. The second kappa shape index (κ2) is 7.33. The maximum Gasteiger partial charge on any atom is 0.270 e. The summed E-state index contributed by atoms with van der Waals surface area (Å²) in [5, 5.41) is 14.2. The van der Waals surface area contributed by atoms with Crippen molar-refractivity contribution in [1.29, 1.82) is 0 Å². The summed E-state index contributed by atoms with van der Waals surface area (Å²) in [5.41, 5.74) is 2.22. The third-order valence-corrected chi connectivity index (χ3v) is 4.69. The Morgan fingerprint density at radius 1 is 1.38 bits per heavy atom. The van der Waals surface area contributed by atoms with Crippen molar-refractivity contribution in [1.82, 2.24) is 15.1 Å². The molecule has 8 nitrogen and oxygen atoms in total. The first-order valence-electron chi connectivity index (χ1n) is 8.84. The third kappa shape index (κ3) is 3.24. The van der Waals surface area contributed by atoms with E-state index in [0.29, 0.717) is 36.8 Å². The summed E-state index contributed by atoms with van der Waals surface area (Å²) in [4.78, 5) is 27.6. The Hall–Kier alpha value is -2.61. The average Bonchev–Trinajstić information content (AvgIpc) is 2.92. The highest BCUT2D eigenvalue weighted by molar-refractivity contribution is 5.97. The average molecular weight is 360 g/mol. The van der Waals surface area contributed by atoms with Gasteiger partial charge in [0.2, 0.25) is 0 Å². The highest BCUT2D eigenvalue weighted by atomic mass is 16.6. The molecule has 140 valence electrons. The number of nitro groups is 1. The highest BCUT2D eigenvalue weighted by Crippen LogP contribution is 2.39. The molecule has 8 heteroatoms. The van der Waals surface area contributed by atoms with Crippen molar-refractivity contribution in [2.75, 3.05) is 33.4 Å². The van der Waals surface area contributed by atoms with Gasteiger partial charge in [-0.05, 0) is 31.5 Å². The summed E-state index contributed by atoms with van der Waals surface area (Å²) >= 11 is 0. The molecule has 2 heterocycles. The van der Waals surface area contributed by atoms with Crippen LogP contribution in [-0.4, -0.2) is 54.0 Å². The lowest BCUT2D eigenvalue weighted by Crippen LogP contribution is -2.43. The number of non-ortho nitro benzene ring substituents is 1. The van der Waals surface area contributed by atoms with E-state index in [1.54, 1.807) is 6.07 Å². The van der Waals surface area contributed by atoms with Crippen LogP contribution in [0.25, 0.3) is 0 Å². The molecule has 1 amide bonds. The minimum atomic E-state index is -0.429. The van der Waals surface area contributed by atoms with Crippen LogP contribution in [0.2, 0.25) is 0 Å². The number of amides is 1. The number of carbonyl (C=O) groups excluding carboxylic acids is 1. The number of benzene rings is 1. The van der Waals surface area contributed by atoms with Crippen LogP contribution in [0.15, 0.2) is 29.5 Å². The molecule has 0 saturated carbocycles. The quantitative estimate of drug-likeness (QED) is 0.617. The van der Waals surface area contributed by atoms with Gasteiger partial charge >= 0.3 is 0 Å². The molecule has 1 aromatic rings. The van der Waals surface area contributed by atoms with E-state index in [9.17, 15) is 14.9 Å². The van der Waals surface area contributed by atoms with Gasteiger partial charge in [-0.1, -0.05) is 6.92 Å². The van der Waals surface area contributed by atoms with Gasteiger partial charge in [0.05, 0.1) is 24.2 Å². The molecule has 2 aliphatic heterocycles. The second-order valence-corrected chi connectivity index (χ2v) is 6.58. The van der Waals surface area contributed by atoms with Gasteiger partial charge in [0, 0.05) is 31.3 Å². The molecule has 0 spiro atoms. The summed E-state index contributed by atoms with van der Waals surface area (Å²) in [7, 11) is 1.90. The van der Waals surface area contributed by atoms with Crippen LogP contribution < -0.4 is 10.1 Å². The normalized spacial score (nSPS) is 20.2. The van der Waals surface area contributed by atoms with Crippen LogP contribution in [0, 0.1) is 10.1 Å². The topological polar surface area (TPSA) is 88.0 Å². The van der Waals surface area contributed by atoms with E-state index in [4.69, 9.17) is 4.74 Å². The number of ether oxygens (including phenoxy) is 1. The molecule has 1 N–H and O–H groups in total. The molecule has 3 rings (SSSR count). The minimum Gasteiger partial charge on any atom is -0.493 e. The lowest BCUT2D eigenvalue weighted by molar-refractivity contribution is -0.385. The number of likely N-dealkylation sites (N-methyl/N-ethyl adjacent to an activating group) is 1. The van der Waals surface area contributed by atoms with E-state index in [1.165, 1.54) is 12.1 Å². The van der Waals surface area contributed by atoms with Crippen molar-refractivity contribution in [2.24, 2.45) is 0 Å². The van der Waals surface area contributed by atoms with Crippen molar-refractivity contribution in [3.63, 3.8) is 0 Å². The van der Waals surface area contributed by atoms with Gasteiger partial charge in [0.25, 0.3) is 11.6 Å². The summed E-state index contributed by atoms with van der Waals surface area (Å²) < 4.78 is 5.68. The summed E-state index contributed by atoms with van der Waals surface area (Å²) in [6, 6.07) is 4.13. The van der Waals surface area contributed by atoms with Crippen LogP contribution in [0.3, 0.4) is 0 Å². The van der Waals surface area contributed by atoms with E-state index >= 15 is 0 Å². The molecule has 1 unspecified atom stereocenters. The fourth-order valence-corrected chi connectivity index (χ4v) is 3.71. The largest absolute Gasteiger partial charge is 0.493 e. The van der Waals surface area contributed by atoms with E-state index in [1.807, 2.05) is 18.9 Å². The molecule has 0 bridgehead atoms. The molecule has 1 aromatic carbocycles. The molecule has 1 atom stereocenters. The van der Waals surface area contributed by atoms with Crippen molar-refractivity contribution in [3.8, 4) is 5.75 Å². The van der Waals surface area contributed by atoms with Crippen molar-refractivity contribution >= 4 is 11.6 Å². The number of rotatable bonds is 6. The Kier molecular flexibility index (Phi) is 5.13. The van der Waals surface area contributed by atoms with Crippen LogP contribution in [-0.2, 0) is 4.79 Å². The van der Waals surface area contributed by atoms with E-state index in [0.717, 1.165) is 18.5 Å². The first-order chi connectivity index (χ1) is 12.5. The first kappa shape index (κ1) is 18.2. The van der Waals surface area contributed by atoms with Crippen molar-refractivity contribution in [2.45, 2.75) is 26.3 Å². The van der Waals surface area contributed by atoms with Crippen molar-refractivity contribution in [3.05, 3.63) is 45.1 Å². The molecular formula is C18H24N4O4. The lowest BCUT2D eigenvalue weighted by atomic mass is 9.96. The minimum absolute atomic E-state index is 0.0127. The fraction of sp³-hybridized carbons (Fsp3) is 0.500. The van der Waals surface area contributed by atoms with Gasteiger partial charge in [-0.15, -0.1) is 0 Å². The third-order valence-electron chi connectivity index (χ3n) is 4.69. The Morgan fingerprint density at radius 3 is 2.81 bits per heavy atom. The molecule has 26 heavy (non-hydrogen) atoms. The summed E-state index contributed by atoms with van der Waals surface area (Å²) in [6.45, 7) is 6.70. The Labute approximate surface area is 152 Å². The molecule has 0 radical (unpaired) electrons. The summed E-state index contributed by atoms with van der Waals surface area (Å²) in [6.07, 6.45) is 1.02. The van der Waals surface area contributed by atoms with Crippen LogP contribution in [0.1, 0.15) is 31.9 Å². The standard InChI is InChI=1S/C18H24N4O4/c1-4-8-21-10-14-16(19-18(23)17(14)20(3)11-21)13-9-12(22(24)25)6-7-15(13)26-5-2/h6-7,9,16H,4-5,8,10-11H2,1-3H3,(H,19,23). The summed E-state index contributed by atoms with van der Waals surface area (Å²) in [5.74, 6) is 0.421. The fourth-order valence-electron chi connectivity index (χ4n) is 3.71. The highest BCUT2D eigenvalue weighted by Gasteiger charge is 2.40. The maximum absolute atomic E-state index is 12.6. The number of nitrogens with zero attached hydrogens (tertiary/aromatic N) is 3. The molecule has 2 aliphatic rings. The van der Waals surface area contributed by atoms with Crippen molar-refractivity contribution < 1.29 is 14.5 Å². The lowest BCUT2D eigenvalue weighted by Gasteiger charge is -2.35. The smallest absolute Gasteiger partial charge is 0.270 e. The SMILES string of the molecule is CCCN1CC2=C(C(=O)NC2c2cc([N+](=O)[O-])ccc2OCC)N(C)C1. The molecule has 0 aromatic heterocycles. The zero-order valence-corrected chi connectivity index (χ0v) is 15.3. The van der Waals surface area contributed by atoms with Crippen LogP contribution >= 0.6 is 0 Å². The number of nitro benzene ring substituents is 1. The Bertz CT molecular complexity index is 762. The molecule has 0 saturated heterocycles. The number of hydrogen-bond donors (Lipinski definition) is 1.